The average Bonchev–Trinajstić information content (AvgIpc) is 3.07. The summed E-state index contributed by atoms with van der Waals surface area (Å²) in [6.45, 7) is 5.61. The number of hydrogen-bond donors (Lipinski definition) is 2. The van der Waals surface area contributed by atoms with E-state index in [-0.39, 0.29) is 40.9 Å². The Morgan fingerprint density at radius 2 is 1.91 bits per heavy atom. The summed E-state index contributed by atoms with van der Waals surface area (Å²) < 4.78 is 22.8. The lowest BCUT2D eigenvalue weighted by molar-refractivity contribution is 0.0708. The maximum absolute atomic E-state index is 13.8. The zero-order valence-corrected chi connectivity index (χ0v) is 20.1. The second kappa shape index (κ2) is 9.62. The highest BCUT2D eigenvalue weighted by Gasteiger charge is 2.31. The summed E-state index contributed by atoms with van der Waals surface area (Å²) in [6.07, 6.45) is 2.92. The van der Waals surface area contributed by atoms with Crippen LogP contribution >= 0.6 is 0 Å². The lowest BCUT2D eigenvalue weighted by atomic mass is 9.92. The lowest BCUT2D eigenvalue weighted by Crippen LogP contribution is -2.45. The van der Waals surface area contributed by atoms with Crippen molar-refractivity contribution in [2.24, 2.45) is 7.05 Å². The van der Waals surface area contributed by atoms with Crippen LogP contribution in [-0.2, 0) is 13.5 Å². The van der Waals surface area contributed by atoms with Gasteiger partial charge in [0.1, 0.15) is 11.2 Å². The predicted octanol–water partition coefficient (Wildman–Crippen LogP) is 3.85. The normalized spacial score (nSPS) is 18.4. The number of benzene rings is 1. The van der Waals surface area contributed by atoms with E-state index in [1.165, 1.54) is 12.1 Å². The average molecular weight is 470 g/mol. The van der Waals surface area contributed by atoms with E-state index < -0.39 is 6.10 Å². The number of amides is 1. The van der Waals surface area contributed by atoms with Crippen LogP contribution in [0.2, 0.25) is 0 Å². The lowest BCUT2D eigenvalue weighted by Gasteiger charge is -2.28. The van der Waals surface area contributed by atoms with Gasteiger partial charge in [-0.05, 0) is 63.4 Å². The van der Waals surface area contributed by atoms with Crippen LogP contribution in [0.4, 0.5) is 4.39 Å². The number of aromatic nitrogens is 2. The maximum atomic E-state index is 13.8. The van der Waals surface area contributed by atoms with Gasteiger partial charge in [0, 0.05) is 18.4 Å². The molecule has 4 rings (SSSR count). The van der Waals surface area contributed by atoms with E-state index in [4.69, 9.17) is 4.74 Å². The number of rotatable bonds is 6. The third kappa shape index (κ3) is 4.34. The second-order valence-corrected chi connectivity index (χ2v) is 9.20. The largest absolute Gasteiger partial charge is 0.488 e. The van der Waals surface area contributed by atoms with Crippen LogP contribution in [0, 0.1) is 5.82 Å². The molecule has 2 atom stereocenters. The number of nitrogens with zero attached hydrogens (tertiary/aromatic N) is 2. The zero-order valence-electron chi connectivity index (χ0n) is 20.1. The van der Waals surface area contributed by atoms with Crippen molar-refractivity contribution >= 4 is 16.8 Å². The van der Waals surface area contributed by atoms with Crippen LogP contribution in [0.25, 0.3) is 16.6 Å². The molecule has 0 unspecified atom stereocenters. The van der Waals surface area contributed by atoms with E-state index in [2.05, 4.69) is 5.32 Å². The highest BCUT2D eigenvalue weighted by Crippen LogP contribution is 2.33. The SMILES string of the molecule is CCc1cc2c(c(OC(C)C)c(C(=O)N[C@H]3CCCC[C@H]3O)n2C)c(=O)n1-c1ccc(F)cc1. The van der Waals surface area contributed by atoms with Crippen molar-refractivity contribution in [1.82, 2.24) is 14.5 Å². The molecule has 0 spiro atoms. The van der Waals surface area contributed by atoms with Gasteiger partial charge >= 0.3 is 0 Å². The number of pyridine rings is 1. The fourth-order valence-electron chi connectivity index (χ4n) is 4.77. The summed E-state index contributed by atoms with van der Waals surface area (Å²) >= 11 is 0. The Kier molecular flexibility index (Phi) is 6.79. The predicted molar refractivity (Wildman–Crippen MR) is 129 cm³/mol. The number of carbonyl (C=O) groups excluding carboxylic acids is 1. The number of aliphatic hydroxyl groups is 1. The molecule has 1 aliphatic carbocycles. The molecule has 182 valence electrons. The number of halogens is 1. The first-order valence-electron chi connectivity index (χ1n) is 11.9. The van der Waals surface area contributed by atoms with Crippen LogP contribution in [0.3, 0.4) is 0 Å². The Morgan fingerprint density at radius 3 is 2.53 bits per heavy atom. The molecule has 1 aliphatic rings. The Balaban J connectivity index is 1.92. The molecule has 0 aliphatic heterocycles. The number of ether oxygens (including phenoxy) is 1. The Morgan fingerprint density at radius 1 is 1.24 bits per heavy atom. The minimum absolute atomic E-state index is 0.221. The standard InChI is InChI=1S/C26H32FN3O4/c1-5-17-14-20-22(26(33)30(17)18-12-10-16(27)11-13-18)24(34-15(2)3)23(29(20)4)25(32)28-19-8-6-7-9-21(19)31/h10-15,19,21,31H,5-9H2,1-4H3,(H,28,32)/t19-,21+/m0/s1. The number of hydrogen-bond acceptors (Lipinski definition) is 4. The Hall–Kier alpha value is -3.13. The topological polar surface area (TPSA) is 85.5 Å². The van der Waals surface area contributed by atoms with Crippen LogP contribution in [0.1, 0.15) is 62.6 Å². The molecule has 0 bridgehead atoms. The van der Waals surface area contributed by atoms with E-state index in [1.807, 2.05) is 26.8 Å². The van der Waals surface area contributed by atoms with Gasteiger partial charge in [-0.1, -0.05) is 19.8 Å². The summed E-state index contributed by atoms with van der Waals surface area (Å²) in [6, 6.07) is 7.29. The van der Waals surface area contributed by atoms with Gasteiger partial charge in [-0.25, -0.2) is 4.39 Å². The van der Waals surface area contributed by atoms with Crippen molar-refractivity contribution in [3.05, 3.63) is 57.9 Å². The van der Waals surface area contributed by atoms with Gasteiger partial charge in [-0.15, -0.1) is 0 Å². The van der Waals surface area contributed by atoms with Gasteiger partial charge in [0.25, 0.3) is 11.5 Å². The summed E-state index contributed by atoms with van der Waals surface area (Å²) in [5.74, 6) is -0.548. The fourth-order valence-corrected chi connectivity index (χ4v) is 4.77. The molecule has 8 heteroatoms. The molecular weight excluding hydrogens is 437 g/mol. The molecule has 34 heavy (non-hydrogen) atoms. The molecule has 3 aromatic rings. The van der Waals surface area contributed by atoms with Gasteiger partial charge in [-0.3, -0.25) is 14.2 Å². The monoisotopic (exact) mass is 469 g/mol. The highest BCUT2D eigenvalue weighted by atomic mass is 19.1. The summed E-state index contributed by atoms with van der Waals surface area (Å²) in [5.41, 5.74) is 1.78. The minimum Gasteiger partial charge on any atom is -0.488 e. The van der Waals surface area contributed by atoms with Crippen LogP contribution in [0.5, 0.6) is 5.75 Å². The van der Waals surface area contributed by atoms with Crippen molar-refractivity contribution < 1.29 is 19.0 Å². The van der Waals surface area contributed by atoms with Gasteiger partial charge in [0.05, 0.1) is 23.8 Å². The number of nitrogens with one attached hydrogen (secondary N) is 1. The molecule has 0 saturated heterocycles. The van der Waals surface area contributed by atoms with E-state index in [1.54, 1.807) is 28.3 Å². The molecule has 2 heterocycles. The number of aliphatic hydroxyl groups excluding tert-OH is 1. The molecule has 1 amide bonds. The van der Waals surface area contributed by atoms with Gasteiger partial charge in [0.15, 0.2) is 11.4 Å². The van der Waals surface area contributed by atoms with Crippen LogP contribution in [-0.4, -0.2) is 38.4 Å². The second-order valence-electron chi connectivity index (χ2n) is 9.20. The first-order valence-corrected chi connectivity index (χ1v) is 11.9. The van der Waals surface area contributed by atoms with E-state index >= 15 is 0 Å². The zero-order chi connectivity index (χ0) is 24.6. The molecule has 0 radical (unpaired) electrons. The van der Waals surface area contributed by atoms with Gasteiger partial charge < -0.3 is 19.7 Å². The van der Waals surface area contributed by atoms with Crippen molar-refractivity contribution in [1.29, 1.82) is 0 Å². The van der Waals surface area contributed by atoms with Gasteiger partial charge in [-0.2, -0.15) is 0 Å². The molecular formula is C26H32FN3O4. The quantitative estimate of drug-likeness (QED) is 0.574. The van der Waals surface area contributed by atoms with Crippen molar-refractivity contribution in [3.63, 3.8) is 0 Å². The first kappa shape index (κ1) is 24.0. The molecule has 2 aromatic heterocycles. The molecule has 1 saturated carbocycles. The summed E-state index contributed by atoms with van der Waals surface area (Å²) in [4.78, 5) is 27.3. The molecule has 7 nitrogen and oxygen atoms in total. The third-order valence-corrected chi connectivity index (χ3v) is 6.46. The first-order chi connectivity index (χ1) is 16.2. The highest BCUT2D eigenvalue weighted by molar-refractivity contribution is 6.04. The summed E-state index contributed by atoms with van der Waals surface area (Å²) in [5, 5.41) is 13.6. The molecule has 1 aromatic carbocycles. The number of aryl methyl sites for hydroxylation is 2. The van der Waals surface area contributed by atoms with Crippen LogP contribution in [0.15, 0.2) is 35.1 Å². The fraction of sp³-hybridized carbons (Fsp3) is 0.462. The Bertz CT molecular complexity index is 1260. The smallest absolute Gasteiger partial charge is 0.272 e. The van der Waals surface area contributed by atoms with Crippen molar-refractivity contribution in [2.75, 3.05) is 0 Å². The third-order valence-electron chi connectivity index (χ3n) is 6.46. The van der Waals surface area contributed by atoms with Gasteiger partial charge in [0.2, 0.25) is 0 Å². The molecule has 2 N–H and O–H groups in total. The van der Waals surface area contributed by atoms with E-state index in [0.29, 0.717) is 35.9 Å². The number of carbonyl (C=O) groups is 1. The van der Waals surface area contributed by atoms with Crippen molar-refractivity contribution in [3.8, 4) is 11.4 Å². The Labute approximate surface area is 198 Å². The van der Waals surface area contributed by atoms with Crippen LogP contribution < -0.4 is 15.6 Å². The minimum atomic E-state index is -0.593. The maximum Gasteiger partial charge on any atom is 0.272 e. The van der Waals surface area contributed by atoms with E-state index in [9.17, 15) is 19.1 Å². The number of fused-ring (bicyclic) bond motifs is 1. The van der Waals surface area contributed by atoms with Crippen molar-refractivity contribution in [2.45, 2.75) is 71.1 Å². The molecule has 1 fully saturated rings. The summed E-state index contributed by atoms with van der Waals surface area (Å²) in [7, 11) is 1.74. The van der Waals surface area contributed by atoms with E-state index in [0.717, 1.165) is 18.5 Å².